The van der Waals surface area contributed by atoms with Crippen molar-refractivity contribution in [1.82, 2.24) is 15.0 Å². The molecule has 0 radical (unpaired) electrons. The highest BCUT2D eigenvalue weighted by molar-refractivity contribution is 9.10. The van der Waals surface area contributed by atoms with Crippen molar-refractivity contribution in [1.29, 1.82) is 0 Å². The van der Waals surface area contributed by atoms with E-state index >= 15 is 0 Å². The van der Waals surface area contributed by atoms with Crippen molar-refractivity contribution in [3.8, 4) is 0 Å². The lowest BCUT2D eigenvalue weighted by molar-refractivity contribution is -0.113. The monoisotopic (exact) mass is 454 g/mol. The first-order valence-corrected chi connectivity index (χ1v) is 9.28. The van der Waals surface area contributed by atoms with Crippen LogP contribution in [0.3, 0.4) is 0 Å². The number of nitrogens with zero attached hydrogens (tertiary/aromatic N) is 2. The number of rotatable bonds is 4. The Morgan fingerprint density at radius 1 is 1.30 bits per heavy atom. The van der Waals surface area contributed by atoms with E-state index in [1.54, 1.807) is 6.20 Å². The number of pyridine rings is 1. The fraction of sp³-hybridized carbons (Fsp3) is 0.133. The molecule has 1 amide bonds. The van der Waals surface area contributed by atoms with Crippen LogP contribution in [-0.4, -0.2) is 26.6 Å². The molecule has 23 heavy (non-hydrogen) atoms. The molecule has 118 valence electrons. The van der Waals surface area contributed by atoms with Crippen LogP contribution in [0.4, 0.5) is 5.69 Å². The van der Waals surface area contributed by atoms with E-state index in [1.807, 2.05) is 31.2 Å². The maximum atomic E-state index is 12.1. The van der Waals surface area contributed by atoms with E-state index in [0.29, 0.717) is 10.8 Å². The van der Waals surface area contributed by atoms with E-state index in [0.717, 1.165) is 25.7 Å². The van der Waals surface area contributed by atoms with Crippen LogP contribution in [0.25, 0.3) is 11.2 Å². The third-order valence-corrected chi connectivity index (χ3v) is 4.89. The highest BCUT2D eigenvalue weighted by Crippen LogP contribution is 2.22. The summed E-state index contributed by atoms with van der Waals surface area (Å²) in [5.74, 6) is 0.200. The van der Waals surface area contributed by atoms with Crippen molar-refractivity contribution in [2.75, 3.05) is 11.1 Å². The van der Waals surface area contributed by atoms with Gasteiger partial charge in [0.1, 0.15) is 0 Å². The Morgan fingerprint density at radius 3 is 2.91 bits per heavy atom. The van der Waals surface area contributed by atoms with Crippen LogP contribution in [0.1, 0.15) is 5.56 Å². The summed E-state index contributed by atoms with van der Waals surface area (Å²) < 4.78 is 1.87. The Hall–Kier alpha value is -1.38. The number of aryl methyl sites for hydroxylation is 1. The summed E-state index contributed by atoms with van der Waals surface area (Å²) in [4.78, 5) is 23.8. The number of carbonyl (C=O) groups excluding carboxylic acids is 1. The Bertz CT molecular complexity index is 881. The van der Waals surface area contributed by atoms with Gasteiger partial charge in [0.15, 0.2) is 10.8 Å². The molecule has 3 aromatic rings. The van der Waals surface area contributed by atoms with Crippen LogP contribution in [-0.2, 0) is 4.79 Å². The molecule has 2 heterocycles. The van der Waals surface area contributed by atoms with Crippen LogP contribution in [0.2, 0.25) is 0 Å². The average molecular weight is 456 g/mol. The van der Waals surface area contributed by atoms with Crippen LogP contribution >= 0.6 is 43.6 Å². The zero-order chi connectivity index (χ0) is 16.4. The molecule has 5 nitrogen and oxygen atoms in total. The first-order valence-electron chi connectivity index (χ1n) is 6.71. The van der Waals surface area contributed by atoms with Gasteiger partial charge in [-0.25, -0.2) is 9.97 Å². The van der Waals surface area contributed by atoms with Gasteiger partial charge < -0.3 is 10.3 Å². The lowest BCUT2D eigenvalue weighted by Crippen LogP contribution is -2.14. The summed E-state index contributed by atoms with van der Waals surface area (Å²) in [5.41, 5.74) is 3.30. The minimum Gasteiger partial charge on any atom is -0.331 e. The second kappa shape index (κ2) is 7.02. The van der Waals surface area contributed by atoms with E-state index in [1.165, 1.54) is 11.8 Å². The summed E-state index contributed by atoms with van der Waals surface area (Å²) in [5, 5.41) is 3.58. The molecule has 0 aliphatic heterocycles. The Kier molecular flexibility index (Phi) is 5.03. The molecular formula is C15H12Br2N4OS. The number of nitrogens with one attached hydrogen (secondary N) is 2. The number of hydrogen-bond donors (Lipinski definition) is 2. The summed E-state index contributed by atoms with van der Waals surface area (Å²) in [6.07, 6.45) is 1.70. The number of hydrogen-bond acceptors (Lipinski definition) is 4. The highest BCUT2D eigenvalue weighted by atomic mass is 79.9. The molecule has 0 fully saturated rings. The lowest BCUT2D eigenvalue weighted by atomic mass is 10.2. The maximum absolute atomic E-state index is 12.1. The van der Waals surface area contributed by atoms with Crippen LogP contribution in [0, 0.1) is 6.92 Å². The molecule has 0 unspecified atom stereocenters. The standard InChI is InChI=1S/C15H12Br2N4OS/c1-8-4-9(16)2-3-11(8)19-13(22)7-23-15-20-12-5-10(17)6-18-14(12)21-15/h2-6H,7H2,1H3,(H,19,22)(H,18,20,21). The topological polar surface area (TPSA) is 70.7 Å². The Labute approximate surface area is 153 Å². The van der Waals surface area contributed by atoms with E-state index in [4.69, 9.17) is 0 Å². The van der Waals surface area contributed by atoms with Gasteiger partial charge >= 0.3 is 0 Å². The molecule has 0 saturated carbocycles. The molecule has 8 heteroatoms. The molecule has 0 aliphatic rings. The number of amides is 1. The predicted octanol–water partition coefficient (Wildman–Crippen LogP) is 4.52. The highest BCUT2D eigenvalue weighted by Gasteiger charge is 2.09. The van der Waals surface area contributed by atoms with Gasteiger partial charge in [-0.15, -0.1) is 0 Å². The minimum absolute atomic E-state index is 0.0741. The number of benzene rings is 1. The van der Waals surface area contributed by atoms with Crippen molar-refractivity contribution >= 4 is 66.4 Å². The predicted molar refractivity (Wildman–Crippen MR) is 99.8 cm³/mol. The molecule has 2 N–H and O–H groups in total. The molecule has 3 rings (SSSR count). The minimum atomic E-state index is -0.0741. The number of halogens is 2. The van der Waals surface area contributed by atoms with Gasteiger partial charge in [-0.3, -0.25) is 4.79 Å². The molecular weight excluding hydrogens is 444 g/mol. The first kappa shape index (κ1) is 16.5. The molecule has 1 aromatic carbocycles. The van der Waals surface area contributed by atoms with E-state index in [9.17, 15) is 4.79 Å². The quantitative estimate of drug-likeness (QED) is 0.567. The third kappa shape index (κ3) is 4.13. The van der Waals surface area contributed by atoms with E-state index in [2.05, 4.69) is 52.1 Å². The number of imidazole rings is 1. The Balaban J connectivity index is 1.63. The number of thioether (sulfide) groups is 1. The van der Waals surface area contributed by atoms with Gasteiger partial charge in [-0.1, -0.05) is 27.7 Å². The van der Waals surface area contributed by atoms with Gasteiger partial charge in [0.05, 0.1) is 11.3 Å². The van der Waals surface area contributed by atoms with Gasteiger partial charge in [0, 0.05) is 20.8 Å². The van der Waals surface area contributed by atoms with Gasteiger partial charge in [-0.05, 0) is 52.7 Å². The first-order chi connectivity index (χ1) is 11.0. The molecule has 2 aromatic heterocycles. The van der Waals surface area contributed by atoms with E-state index in [-0.39, 0.29) is 11.7 Å². The Morgan fingerprint density at radius 2 is 2.13 bits per heavy atom. The average Bonchev–Trinajstić information content (AvgIpc) is 2.90. The van der Waals surface area contributed by atoms with Crippen molar-refractivity contribution < 1.29 is 4.79 Å². The molecule has 0 saturated heterocycles. The largest absolute Gasteiger partial charge is 0.331 e. The SMILES string of the molecule is Cc1cc(Br)ccc1NC(=O)CSc1nc2ncc(Br)cc2[nH]1. The number of anilines is 1. The number of H-pyrrole nitrogens is 1. The molecule has 0 aliphatic carbocycles. The fourth-order valence-electron chi connectivity index (χ4n) is 2.01. The van der Waals surface area contributed by atoms with Crippen LogP contribution in [0.5, 0.6) is 0 Å². The maximum Gasteiger partial charge on any atom is 0.234 e. The molecule has 0 atom stereocenters. The lowest BCUT2D eigenvalue weighted by Gasteiger charge is -2.08. The fourth-order valence-corrected chi connectivity index (χ4v) is 3.49. The summed E-state index contributed by atoms with van der Waals surface area (Å²) in [6.45, 7) is 1.95. The van der Waals surface area contributed by atoms with Gasteiger partial charge in [0.25, 0.3) is 0 Å². The number of aromatic nitrogens is 3. The van der Waals surface area contributed by atoms with Crippen LogP contribution in [0.15, 0.2) is 44.6 Å². The second-order valence-corrected chi connectivity index (χ2v) is 7.66. The van der Waals surface area contributed by atoms with Crippen molar-refractivity contribution in [3.05, 3.63) is 45.0 Å². The zero-order valence-corrected chi connectivity index (χ0v) is 16.0. The third-order valence-electron chi connectivity index (χ3n) is 3.08. The van der Waals surface area contributed by atoms with Gasteiger partial charge in [0.2, 0.25) is 5.91 Å². The number of fused-ring (bicyclic) bond motifs is 1. The van der Waals surface area contributed by atoms with E-state index < -0.39 is 0 Å². The zero-order valence-electron chi connectivity index (χ0n) is 12.1. The molecule has 0 spiro atoms. The normalized spacial score (nSPS) is 10.9. The van der Waals surface area contributed by atoms with Crippen LogP contribution < -0.4 is 5.32 Å². The summed E-state index contributed by atoms with van der Waals surface area (Å²) >= 11 is 8.12. The smallest absolute Gasteiger partial charge is 0.234 e. The molecule has 0 bridgehead atoms. The van der Waals surface area contributed by atoms with Crippen molar-refractivity contribution in [2.24, 2.45) is 0 Å². The number of aromatic amines is 1. The second-order valence-electron chi connectivity index (χ2n) is 4.86. The van der Waals surface area contributed by atoms with Crippen molar-refractivity contribution in [2.45, 2.75) is 12.1 Å². The summed E-state index contributed by atoms with van der Waals surface area (Å²) in [6, 6.07) is 7.65. The van der Waals surface area contributed by atoms with Crippen molar-refractivity contribution in [3.63, 3.8) is 0 Å². The number of carbonyl (C=O) groups is 1. The summed E-state index contributed by atoms with van der Waals surface area (Å²) in [7, 11) is 0. The van der Waals surface area contributed by atoms with Gasteiger partial charge in [-0.2, -0.15) is 0 Å².